The normalized spacial score (nSPS) is 11.6. The molecule has 0 aliphatic heterocycles. The molecule has 0 bridgehead atoms. The largest absolute Gasteiger partial charge is 0.314 e. The van der Waals surface area contributed by atoms with Crippen molar-refractivity contribution in [3.63, 3.8) is 0 Å². The summed E-state index contributed by atoms with van der Waals surface area (Å²) in [5.74, 6) is -0.00291. The second-order valence-corrected chi connectivity index (χ2v) is 9.87. The predicted octanol–water partition coefficient (Wildman–Crippen LogP) is 7.04. The van der Waals surface area contributed by atoms with E-state index in [-0.39, 0.29) is 11.7 Å². The summed E-state index contributed by atoms with van der Waals surface area (Å²) in [5.41, 5.74) is 9.55. The summed E-state index contributed by atoms with van der Waals surface area (Å²) in [6.45, 7) is 2.45. The highest BCUT2D eigenvalue weighted by atomic mass is 35.5. The first-order chi connectivity index (χ1) is 18.1. The lowest BCUT2D eigenvalue weighted by Crippen LogP contribution is -2.21. The molecule has 0 aliphatic carbocycles. The first-order valence-electron chi connectivity index (χ1n) is 11.9. The van der Waals surface area contributed by atoms with Gasteiger partial charge in [-0.2, -0.15) is 5.10 Å². The molecule has 0 aliphatic rings. The molecule has 37 heavy (non-hydrogen) atoms. The summed E-state index contributed by atoms with van der Waals surface area (Å²) in [6, 6.07) is 34.1. The third kappa shape index (κ3) is 5.93. The molecule has 7 heteroatoms. The van der Waals surface area contributed by atoms with E-state index in [1.165, 1.54) is 11.8 Å². The second-order valence-electron chi connectivity index (χ2n) is 8.52. The molecule has 1 heterocycles. The number of thioether (sulfide) groups is 1. The molecule has 0 atom stereocenters. The van der Waals surface area contributed by atoms with Crippen LogP contribution in [0.25, 0.3) is 22.2 Å². The third-order valence-corrected chi connectivity index (χ3v) is 7.34. The Kier molecular flexibility index (Phi) is 7.68. The molecule has 0 saturated heterocycles. The average Bonchev–Trinajstić information content (AvgIpc) is 3.29. The standard InChI is InChI=1S/C30H25ClN4OS/c1-21(22-15-17-24(18-16-22)23-9-3-2-4-10-23)33-34-29(36)20-37-30-32-27-13-7-8-14-28(27)35(30)19-25-11-5-6-12-26(25)31/h2-18H,19-20H2,1H3,(H,34,36)/b33-21-. The molecular formula is C30H25ClN4OS. The highest BCUT2D eigenvalue weighted by Gasteiger charge is 2.14. The topological polar surface area (TPSA) is 59.3 Å². The van der Waals surface area contributed by atoms with Gasteiger partial charge in [-0.15, -0.1) is 0 Å². The highest BCUT2D eigenvalue weighted by Crippen LogP contribution is 2.27. The van der Waals surface area contributed by atoms with Gasteiger partial charge in [-0.3, -0.25) is 4.79 Å². The zero-order chi connectivity index (χ0) is 25.6. The van der Waals surface area contributed by atoms with Crippen molar-refractivity contribution in [2.75, 3.05) is 5.75 Å². The molecule has 5 aromatic rings. The van der Waals surface area contributed by atoms with Gasteiger partial charge >= 0.3 is 0 Å². The van der Waals surface area contributed by atoms with Gasteiger partial charge in [-0.05, 0) is 47.4 Å². The number of carbonyl (C=O) groups excluding carboxylic acids is 1. The lowest BCUT2D eigenvalue weighted by molar-refractivity contribution is -0.118. The minimum atomic E-state index is -0.193. The Morgan fingerprint density at radius 2 is 1.57 bits per heavy atom. The van der Waals surface area contributed by atoms with E-state index in [4.69, 9.17) is 16.6 Å². The quantitative estimate of drug-likeness (QED) is 0.134. The lowest BCUT2D eigenvalue weighted by atomic mass is 10.0. The number of amides is 1. The smallest absolute Gasteiger partial charge is 0.250 e. The van der Waals surface area contributed by atoms with E-state index in [0.29, 0.717) is 11.6 Å². The molecule has 0 saturated carbocycles. The van der Waals surface area contributed by atoms with E-state index in [1.54, 1.807) is 0 Å². The molecular weight excluding hydrogens is 500 g/mol. The van der Waals surface area contributed by atoms with Crippen LogP contribution in [0.2, 0.25) is 5.02 Å². The van der Waals surface area contributed by atoms with Gasteiger partial charge in [-0.1, -0.05) is 108 Å². The van der Waals surface area contributed by atoms with Crippen LogP contribution in [0.5, 0.6) is 0 Å². The summed E-state index contributed by atoms with van der Waals surface area (Å²) < 4.78 is 2.09. The molecule has 1 N–H and O–H groups in total. The molecule has 4 aromatic carbocycles. The minimum Gasteiger partial charge on any atom is -0.314 e. The first-order valence-corrected chi connectivity index (χ1v) is 13.3. The third-order valence-electron chi connectivity index (χ3n) is 6.00. The van der Waals surface area contributed by atoms with Crippen molar-refractivity contribution in [3.05, 3.63) is 119 Å². The molecule has 0 unspecified atom stereocenters. The summed E-state index contributed by atoms with van der Waals surface area (Å²) in [4.78, 5) is 17.4. The Labute approximate surface area is 225 Å². The summed E-state index contributed by atoms with van der Waals surface area (Å²) in [7, 11) is 0. The number of nitrogens with one attached hydrogen (secondary N) is 1. The Balaban J connectivity index is 1.25. The first kappa shape index (κ1) is 24.8. The van der Waals surface area contributed by atoms with E-state index >= 15 is 0 Å². The number of benzene rings is 4. The SMILES string of the molecule is C/C(=N/NC(=O)CSc1nc2ccccc2n1Cc1ccccc1Cl)c1ccc(-c2ccccc2)cc1. The number of para-hydroxylation sites is 2. The average molecular weight is 525 g/mol. The number of hydrogen-bond donors (Lipinski definition) is 1. The maximum atomic E-state index is 12.6. The Hall–Kier alpha value is -3.87. The van der Waals surface area contributed by atoms with Crippen LogP contribution in [-0.4, -0.2) is 26.9 Å². The fourth-order valence-electron chi connectivity index (χ4n) is 4.02. The molecule has 0 fully saturated rings. The number of halogens is 1. The van der Waals surface area contributed by atoms with Gasteiger partial charge in [0.25, 0.3) is 5.91 Å². The van der Waals surface area contributed by atoms with Crippen LogP contribution in [-0.2, 0) is 11.3 Å². The van der Waals surface area contributed by atoms with E-state index in [1.807, 2.05) is 85.8 Å². The van der Waals surface area contributed by atoms with Gasteiger partial charge in [0.1, 0.15) is 0 Å². The molecule has 184 valence electrons. The van der Waals surface area contributed by atoms with Gasteiger partial charge in [0.15, 0.2) is 5.16 Å². The number of carbonyl (C=O) groups is 1. The van der Waals surface area contributed by atoms with Crippen LogP contribution in [0.1, 0.15) is 18.1 Å². The minimum absolute atomic E-state index is 0.190. The van der Waals surface area contributed by atoms with Crippen LogP contribution >= 0.6 is 23.4 Å². The van der Waals surface area contributed by atoms with E-state index in [0.717, 1.165) is 44.2 Å². The van der Waals surface area contributed by atoms with Crippen LogP contribution in [0.4, 0.5) is 0 Å². The van der Waals surface area contributed by atoms with Crippen molar-refractivity contribution in [2.45, 2.75) is 18.6 Å². The van der Waals surface area contributed by atoms with Gasteiger partial charge in [0, 0.05) is 5.02 Å². The molecule has 0 radical (unpaired) electrons. The van der Waals surface area contributed by atoms with Crippen LogP contribution < -0.4 is 5.43 Å². The van der Waals surface area contributed by atoms with Gasteiger partial charge in [0.2, 0.25) is 0 Å². The maximum absolute atomic E-state index is 12.6. The summed E-state index contributed by atoms with van der Waals surface area (Å²) in [5, 5.41) is 5.77. The summed E-state index contributed by atoms with van der Waals surface area (Å²) in [6.07, 6.45) is 0. The lowest BCUT2D eigenvalue weighted by Gasteiger charge is -2.10. The molecule has 1 amide bonds. The Morgan fingerprint density at radius 1 is 0.892 bits per heavy atom. The van der Waals surface area contributed by atoms with Crippen LogP contribution in [0, 0.1) is 0 Å². The zero-order valence-corrected chi connectivity index (χ0v) is 21.8. The van der Waals surface area contributed by atoms with Crippen molar-refractivity contribution < 1.29 is 4.79 Å². The Morgan fingerprint density at radius 3 is 2.35 bits per heavy atom. The highest BCUT2D eigenvalue weighted by molar-refractivity contribution is 7.99. The fourth-order valence-corrected chi connectivity index (χ4v) is 5.02. The number of imidazole rings is 1. The molecule has 0 spiro atoms. The fraction of sp³-hybridized carbons (Fsp3) is 0.100. The van der Waals surface area contributed by atoms with E-state index < -0.39 is 0 Å². The number of aromatic nitrogens is 2. The molecule has 5 nitrogen and oxygen atoms in total. The van der Waals surface area contributed by atoms with Crippen molar-refractivity contribution >= 4 is 46.0 Å². The van der Waals surface area contributed by atoms with E-state index in [2.05, 4.69) is 39.4 Å². The zero-order valence-electron chi connectivity index (χ0n) is 20.3. The monoisotopic (exact) mass is 524 g/mol. The van der Waals surface area contributed by atoms with Gasteiger partial charge < -0.3 is 4.57 Å². The number of rotatable bonds is 8. The van der Waals surface area contributed by atoms with Gasteiger partial charge in [-0.25, -0.2) is 10.4 Å². The Bertz CT molecular complexity index is 1560. The van der Waals surface area contributed by atoms with Crippen molar-refractivity contribution in [1.29, 1.82) is 0 Å². The summed E-state index contributed by atoms with van der Waals surface area (Å²) >= 11 is 7.79. The van der Waals surface area contributed by atoms with Crippen molar-refractivity contribution in [2.24, 2.45) is 5.10 Å². The van der Waals surface area contributed by atoms with Crippen LogP contribution in [0.15, 0.2) is 113 Å². The maximum Gasteiger partial charge on any atom is 0.250 e. The number of fused-ring (bicyclic) bond motifs is 1. The van der Waals surface area contributed by atoms with Crippen molar-refractivity contribution in [1.82, 2.24) is 15.0 Å². The number of hydrazone groups is 1. The van der Waals surface area contributed by atoms with Crippen molar-refractivity contribution in [3.8, 4) is 11.1 Å². The number of nitrogens with zero attached hydrogens (tertiary/aromatic N) is 3. The van der Waals surface area contributed by atoms with Crippen LogP contribution in [0.3, 0.4) is 0 Å². The number of hydrogen-bond acceptors (Lipinski definition) is 4. The molecule has 5 rings (SSSR count). The van der Waals surface area contributed by atoms with E-state index in [9.17, 15) is 4.79 Å². The van der Waals surface area contributed by atoms with Gasteiger partial charge in [0.05, 0.1) is 29.0 Å². The second kappa shape index (κ2) is 11.5. The molecule has 1 aromatic heterocycles. The predicted molar refractivity (Wildman–Crippen MR) is 153 cm³/mol.